The molecular weight excluding hydrogens is 238 g/mol. The van der Waals surface area contributed by atoms with Crippen LogP contribution in [0.4, 0.5) is 0 Å². The summed E-state index contributed by atoms with van der Waals surface area (Å²) in [5, 5.41) is 5.06. The molecule has 2 heterocycles. The van der Waals surface area contributed by atoms with Gasteiger partial charge in [0.25, 0.3) is 5.56 Å². The first-order valence-corrected chi connectivity index (χ1v) is 5.93. The van der Waals surface area contributed by atoms with Crippen LogP contribution in [0.3, 0.4) is 0 Å². The number of aromatic nitrogens is 2. The predicted molar refractivity (Wildman–Crippen MR) is 67.1 cm³/mol. The second-order valence-corrected chi connectivity index (χ2v) is 4.27. The normalized spacial score (nSPS) is 10.4. The summed E-state index contributed by atoms with van der Waals surface area (Å²) >= 11 is 1.44. The van der Waals surface area contributed by atoms with E-state index >= 15 is 0 Å². The Balaban J connectivity index is 2.13. The lowest BCUT2D eigenvalue weighted by Gasteiger charge is -2.05. The van der Waals surface area contributed by atoms with Gasteiger partial charge in [-0.25, -0.2) is 4.98 Å². The maximum atomic E-state index is 11.9. The molecule has 17 heavy (non-hydrogen) atoms. The lowest BCUT2D eigenvalue weighted by Crippen LogP contribution is -2.29. The van der Waals surface area contributed by atoms with Crippen molar-refractivity contribution in [1.29, 1.82) is 0 Å². The molecule has 88 valence electrons. The highest BCUT2D eigenvalue weighted by Gasteiger charge is 2.04. The van der Waals surface area contributed by atoms with Crippen molar-refractivity contribution in [3.8, 4) is 0 Å². The third-order valence-corrected chi connectivity index (χ3v) is 3.11. The molecule has 0 saturated heterocycles. The van der Waals surface area contributed by atoms with Gasteiger partial charge in [0.2, 0.25) is 5.91 Å². The Morgan fingerprint density at radius 1 is 1.65 bits per heavy atom. The van der Waals surface area contributed by atoms with E-state index in [1.54, 1.807) is 6.07 Å². The molecule has 0 aliphatic carbocycles. The van der Waals surface area contributed by atoms with Gasteiger partial charge in [-0.05, 0) is 17.5 Å². The van der Waals surface area contributed by atoms with Crippen LogP contribution in [0, 0.1) is 0 Å². The molecule has 1 N–H and O–H groups in total. The first kappa shape index (κ1) is 11.5. The van der Waals surface area contributed by atoms with E-state index < -0.39 is 0 Å². The minimum absolute atomic E-state index is 0.0795. The van der Waals surface area contributed by atoms with Crippen LogP contribution in [0.25, 0.3) is 10.2 Å². The molecule has 2 aromatic heterocycles. The van der Waals surface area contributed by atoms with Crippen LogP contribution in [0.15, 0.2) is 35.2 Å². The molecule has 2 rings (SSSR count). The molecule has 0 fully saturated rings. The van der Waals surface area contributed by atoms with Gasteiger partial charge < -0.3 is 5.32 Å². The molecule has 0 unspecified atom stereocenters. The fourth-order valence-corrected chi connectivity index (χ4v) is 2.15. The molecule has 0 aromatic carbocycles. The van der Waals surface area contributed by atoms with Crippen LogP contribution in [-0.2, 0) is 11.3 Å². The number of rotatable bonds is 4. The average Bonchev–Trinajstić information content (AvgIpc) is 2.81. The summed E-state index contributed by atoms with van der Waals surface area (Å²) in [5.41, 5.74) is -0.0795. The third kappa shape index (κ3) is 2.42. The summed E-state index contributed by atoms with van der Waals surface area (Å²) in [4.78, 5) is 27.8. The summed E-state index contributed by atoms with van der Waals surface area (Å²) in [5.74, 6) is -0.248. The molecular formula is C11H11N3O2S. The topological polar surface area (TPSA) is 64.0 Å². The number of nitrogens with zero attached hydrogens (tertiary/aromatic N) is 2. The number of amides is 1. The van der Waals surface area contributed by atoms with E-state index in [1.807, 2.05) is 5.38 Å². The largest absolute Gasteiger partial charge is 0.351 e. The Hall–Kier alpha value is -1.95. The highest BCUT2D eigenvalue weighted by molar-refractivity contribution is 7.16. The Kier molecular flexibility index (Phi) is 3.34. The number of fused-ring (bicyclic) bond motifs is 1. The first-order valence-electron chi connectivity index (χ1n) is 5.05. The van der Waals surface area contributed by atoms with E-state index in [0.717, 1.165) is 4.83 Å². The lowest BCUT2D eigenvalue weighted by atomic mass is 10.4. The minimum Gasteiger partial charge on any atom is -0.351 e. The summed E-state index contributed by atoms with van der Waals surface area (Å²) in [7, 11) is 0. The Bertz CT molecular complexity index is 614. The van der Waals surface area contributed by atoms with E-state index in [9.17, 15) is 9.59 Å². The third-order valence-electron chi connectivity index (χ3n) is 2.29. The highest BCUT2D eigenvalue weighted by atomic mass is 32.1. The summed E-state index contributed by atoms with van der Waals surface area (Å²) in [6.45, 7) is 4.12. The maximum absolute atomic E-state index is 11.9. The fourth-order valence-electron chi connectivity index (χ4n) is 1.42. The molecule has 0 saturated carbocycles. The molecule has 6 heteroatoms. The summed E-state index contributed by atoms with van der Waals surface area (Å²) in [6, 6.07) is 1.76. The molecule has 0 atom stereocenters. The number of hydrogen-bond acceptors (Lipinski definition) is 4. The second kappa shape index (κ2) is 4.92. The average molecular weight is 249 g/mol. The standard InChI is InChI=1S/C11H11N3O2S/c1-2-9(15)12-4-5-14-7-13-10-8(11(14)16)3-6-17-10/h2-3,6-7H,1,4-5H2,(H,12,15). The van der Waals surface area contributed by atoms with Gasteiger partial charge in [-0.15, -0.1) is 11.3 Å². The van der Waals surface area contributed by atoms with Crippen LogP contribution in [-0.4, -0.2) is 22.0 Å². The molecule has 2 aromatic rings. The van der Waals surface area contributed by atoms with Gasteiger partial charge in [0, 0.05) is 13.1 Å². The Morgan fingerprint density at radius 3 is 3.24 bits per heavy atom. The van der Waals surface area contributed by atoms with E-state index in [0.29, 0.717) is 18.5 Å². The number of carbonyl (C=O) groups is 1. The highest BCUT2D eigenvalue weighted by Crippen LogP contribution is 2.12. The predicted octanol–water partition coefficient (Wildman–Crippen LogP) is 0.760. The zero-order chi connectivity index (χ0) is 12.3. The molecule has 0 bridgehead atoms. The van der Waals surface area contributed by atoms with Gasteiger partial charge in [-0.1, -0.05) is 6.58 Å². The van der Waals surface area contributed by atoms with Crippen LogP contribution in [0.2, 0.25) is 0 Å². The Morgan fingerprint density at radius 2 is 2.47 bits per heavy atom. The molecule has 0 aliphatic rings. The molecule has 0 aliphatic heterocycles. The number of thiophene rings is 1. The van der Waals surface area contributed by atoms with Gasteiger partial charge in [0.1, 0.15) is 4.83 Å². The van der Waals surface area contributed by atoms with Crippen molar-refractivity contribution in [2.24, 2.45) is 0 Å². The SMILES string of the molecule is C=CC(=O)NCCn1cnc2sccc2c1=O. The molecule has 0 radical (unpaired) electrons. The molecule has 1 amide bonds. The van der Waals surface area contributed by atoms with Gasteiger partial charge in [0.05, 0.1) is 11.7 Å². The van der Waals surface area contributed by atoms with Gasteiger partial charge >= 0.3 is 0 Å². The monoisotopic (exact) mass is 249 g/mol. The smallest absolute Gasteiger partial charge is 0.262 e. The van der Waals surface area contributed by atoms with Crippen LogP contribution < -0.4 is 10.9 Å². The number of carbonyl (C=O) groups excluding carboxylic acids is 1. The van der Waals surface area contributed by atoms with Crippen molar-refractivity contribution < 1.29 is 4.79 Å². The Labute approximate surface area is 101 Å². The molecule has 5 nitrogen and oxygen atoms in total. The zero-order valence-electron chi connectivity index (χ0n) is 9.05. The van der Waals surface area contributed by atoms with Crippen molar-refractivity contribution >= 4 is 27.5 Å². The van der Waals surface area contributed by atoms with E-state index in [4.69, 9.17) is 0 Å². The van der Waals surface area contributed by atoms with Crippen molar-refractivity contribution in [3.05, 3.63) is 40.8 Å². The van der Waals surface area contributed by atoms with Crippen LogP contribution in [0.1, 0.15) is 0 Å². The lowest BCUT2D eigenvalue weighted by molar-refractivity contribution is -0.116. The van der Waals surface area contributed by atoms with E-state index in [2.05, 4.69) is 16.9 Å². The minimum atomic E-state index is -0.248. The van der Waals surface area contributed by atoms with E-state index in [-0.39, 0.29) is 11.5 Å². The summed E-state index contributed by atoms with van der Waals surface area (Å²) < 4.78 is 1.48. The van der Waals surface area contributed by atoms with Crippen molar-refractivity contribution in [3.63, 3.8) is 0 Å². The number of hydrogen-bond donors (Lipinski definition) is 1. The fraction of sp³-hybridized carbons (Fsp3) is 0.182. The number of nitrogens with one attached hydrogen (secondary N) is 1. The summed E-state index contributed by atoms with van der Waals surface area (Å²) in [6.07, 6.45) is 2.70. The van der Waals surface area contributed by atoms with E-state index in [1.165, 1.54) is 28.3 Å². The van der Waals surface area contributed by atoms with Crippen molar-refractivity contribution in [2.75, 3.05) is 6.54 Å². The molecule has 0 spiro atoms. The van der Waals surface area contributed by atoms with Crippen molar-refractivity contribution in [1.82, 2.24) is 14.9 Å². The zero-order valence-corrected chi connectivity index (χ0v) is 9.87. The first-order chi connectivity index (χ1) is 8.22. The van der Waals surface area contributed by atoms with Crippen LogP contribution >= 0.6 is 11.3 Å². The maximum Gasteiger partial charge on any atom is 0.262 e. The quantitative estimate of drug-likeness (QED) is 0.814. The second-order valence-electron chi connectivity index (χ2n) is 3.38. The van der Waals surface area contributed by atoms with Gasteiger partial charge in [-0.3, -0.25) is 14.2 Å². The van der Waals surface area contributed by atoms with Crippen molar-refractivity contribution in [2.45, 2.75) is 6.54 Å². The van der Waals surface area contributed by atoms with Gasteiger partial charge in [-0.2, -0.15) is 0 Å². The van der Waals surface area contributed by atoms with Gasteiger partial charge in [0.15, 0.2) is 0 Å². The van der Waals surface area contributed by atoms with Crippen LogP contribution in [0.5, 0.6) is 0 Å².